The van der Waals surface area contributed by atoms with E-state index in [0.717, 1.165) is 4.90 Å². The van der Waals surface area contributed by atoms with E-state index in [1.807, 2.05) is 0 Å². The average molecular weight is 475 g/mol. The molecule has 0 aliphatic carbocycles. The third-order valence-electron chi connectivity index (χ3n) is 5.57. The zero-order chi connectivity index (χ0) is 25.1. The van der Waals surface area contributed by atoms with E-state index in [2.05, 4.69) is 5.32 Å². The van der Waals surface area contributed by atoms with Gasteiger partial charge in [-0.15, -0.1) is 0 Å². The summed E-state index contributed by atoms with van der Waals surface area (Å²) in [5.74, 6) is -1.89. The van der Waals surface area contributed by atoms with Crippen molar-refractivity contribution < 1.29 is 28.3 Å². The zero-order valence-electron chi connectivity index (χ0n) is 19.1. The first-order valence-electron chi connectivity index (χ1n) is 10.7. The van der Waals surface area contributed by atoms with Gasteiger partial charge in [-0.2, -0.15) is 0 Å². The standard InChI is InChI=1S/C26H22FN3O5/c1-29(15-23(31)28-18-10-8-17(27)9-11-18)24(32)21-13-16(7-12-22(21)35-2)14-30-25(33)19-5-3-4-6-20(19)26(30)34/h3-13H,14-15H2,1-2H3,(H,28,31). The first kappa shape index (κ1) is 23.6. The topological polar surface area (TPSA) is 96.0 Å². The Kier molecular flexibility index (Phi) is 6.59. The molecule has 1 aliphatic heterocycles. The smallest absolute Gasteiger partial charge is 0.261 e. The van der Waals surface area contributed by atoms with Crippen molar-refractivity contribution in [2.24, 2.45) is 0 Å². The van der Waals surface area contributed by atoms with E-state index in [0.29, 0.717) is 22.4 Å². The number of halogens is 1. The molecule has 35 heavy (non-hydrogen) atoms. The van der Waals surface area contributed by atoms with Crippen LogP contribution in [0.15, 0.2) is 66.7 Å². The Labute approximate surface area is 200 Å². The van der Waals surface area contributed by atoms with Crippen LogP contribution in [0.1, 0.15) is 36.6 Å². The Morgan fingerprint density at radius 3 is 2.20 bits per heavy atom. The first-order chi connectivity index (χ1) is 16.8. The van der Waals surface area contributed by atoms with Gasteiger partial charge in [0.25, 0.3) is 17.7 Å². The molecule has 0 bridgehead atoms. The number of likely N-dealkylation sites (N-methyl/N-ethyl adjacent to an activating group) is 1. The molecule has 1 aliphatic rings. The molecule has 9 heteroatoms. The third-order valence-corrected chi connectivity index (χ3v) is 5.57. The molecule has 3 aromatic rings. The maximum absolute atomic E-state index is 13.1. The number of anilines is 1. The number of ether oxygens (including phenoxy) is 1. The number of fused-ring (bicyclic) bond motifs is 1. The molecule has 0 spiro atoms. The van der Waals surface area contributed by atoms with Gasteiger partial charge in [-0.25, -0.2) is 4.39 Å². The SMILES string of the molecule is COc1ccc(CN2C(=O)c3ccccc3C2=O)cc1C(=O)N(C)CC(=O)Nc1ccc(F)cc1. The minimum Gasteiger partial charge on any atom is -0.496 e. The van der Waals surface area contributed by atoms with Gasteiger partial charge < -0.3 is 15.0 Å². The number of benzene rings is 3. The number of methoxy groups -OCH3 is 1. The highest BCUT2D eigenvalue weighted by Crippen LogP contribution is 2.27. The second-order valence-corrected chi connectivity index (χ2v) is 7.99. The lowest BCUT2D eigenvalue weighted by molar-refractivity contribution is -0.116. The van der Waals surface area contributed by atoms with E-state index in [4.69, 9.17) is 4.74 Å². The molecule has 8 nitrogen and oxygen atoms in total. The van der Waals surface area contributed by atoms with Gasteiger partial charge in [0.2, 0.25) is 5.91 Å². The fraction of sp³-hybridized carbons (Fsp3) is 0.154. The Morgan fingerprint density at radius 2 is 1.60 bits per heavy atom. The second-order valence-electron chi connectivity index (χ2n) is 7.99. The summed E-state index contributed by atoms with van der Waals surface area (Å²) in [6, 6.07) is 16.6. The van der Waals surface area contributed by atoms with Gasteiger partial charge in [-0.05, 0) is 54.1 Å². The molecule has 0 atom stereocenters. The van der Waals surface area contributed by atoms with Gasteiger partial charge in [0.15, 0.2) is 0 Å². The maximum Gasteiger partial charge on any atom is 0.261 e. The molecule has 0 radical (unpaired) electrons. The van der Waals surface area contributed by atoms with Gasteiger partial charge in [0, 0.05) is 12.7 Å². The van der Waals surface area contributed by atoms with Crippen LogP contribution in [-0.4, -0.2) is 54.1 Å². The fourth-order valence-electron chi connectivity index (χ4n) is 3.81. The molecule has 0 saturated carbocycles. The molecule has 0 fully saturated rings. The minimum atomic E-state index is -0.486. The summed E-state index contributed by atoms with van der Waals surface area (Å²) >= 11 is 0. The van der Waals surface area contributed by atoms with Crippen molar-refractivity contribution in [2.75, 3.05) is 26.0 Å². The Bertz CT molecular complexity index is 1290. The van der Waals surface area contributed by atoms with Crippen LogP contribution >= 0.6 is 0 Å². The van der Waals surface area contributed by atoms with E-state index >= 15 is 0 Å². The van der Waals surface area contributed by atoms with Crippen molar-refractivity contribution >= 4 is 29.3 Å². The van der Waals surface area contributed by atoms with Crippen LogP contribution in [-0.2, 0) is 11.3 Å². The highest BCUT2D eigenvalue weighted by Gasteiger charge is 2.35. The number of nitrogens with zero attached hydrogens (tertiary/aromatic N) is 2. The van der Waals surface area contributed by atoms with Crippen LogP contribution in [0, 0.1) is 5.82 Å². The largest absolute Gasteiger partial charge is 0.496 e. The molecule has 0 saturated heterocycles. The van der Waals surface area contributed by atoms with Gasteiger partial charge >= 0.3 is 0 Å². The van der Waals surface area contributed by atoms with E-state index in [9.17, 15) is 23.6 Å². The summed E-state index contributed by atoms with van der Waals surface area (Å²) in [7, 11) is 2.88. The van der Waals surface area contributed by atoms with Crippen molar-refractivity contribution in [3.63, 3.8) is 0 Å². The van der Waals surface area contributed by atoms with Crippen molar-refractivity contribution in [2.45, 2.75) is 6.54 Å². The summed E-state index contributed by atoms with van der Waals surface area (Å²) in [5, 5.41) is 2.60. The van der Waals surface area contributed by atoms with Crippen LogP contribution in [0.4, 0.5) is 10.1 Å². The molecular formula is C26H22FN3O5. The summed E-state index contributed by atoms with van der Waals surface area (Å²) in [4.78, 5) is 53.2. The summed E-state index contributed by atoms with van der Waals surface area (Å²) in [6.45, 7) is -0.284. The monoisotopic (exact) mass is 475 g/mol. The van der Waals surface area contributed by atoms with Crippen LogP contribution in [0.2, 0.25) is 0 Å². The van der Waals surface area contributed by atoms with E-state index in [1.54, 1.807) is 42.5 Å². The van der Waals surface area contributed by atoms with Crippen LogP contribution in [0.25, 0.3) is 0 Å². The normalized spacial score (nSPS) is 12.4. The average Bonchev–Trinajstić information content (AvgIpc) is 3.09. The predicted molar refractivity (Wildman–Crippen MR) is 126 cm³/mol. The number of hydrogen-bond donors (Lipinski definition) is 1. The minimum absolute atomic E-state index is 0.0224. The number of nitrogens with one attached hydrogen (secondary N) is 1. The second kappa shape index (κ2) is 9.76. The van der Waals surface area contributed by atoms with Crippen LogP contribution in [0.5, 0.6) is 5.75 Å². The van der Waals surface area contributed by atoms with Crippen molar-refractivity contribution in [3.8, 4) is 5.75 Å². The fourth-order valence-corrected chi connectivity index (χ4v) is 3.81. The summed E-state index contributed by atoms with van der Waals surface area (Å²) < 4.78 is 18.4. The molecule has 4 amide bonds. The molecule has 0 aromatic heterocycles. The quantitative estimate of drug-likeness (QED) is 0.529. The predicted octanol–water partition coefficient (Wildman–Crippen LogP) is 3.34. The van der Waals surface area contributed by atoms with Gasteiger partial charge in [-0.1, -0.05) is 18.2 Å². The highest BCUT2D eigenvalue weighted by molar-refractivity contribution is 6.21. The van der Waals surface area contributed by atoms with E-state index in [-0.39, 0.29) is 24.4 Å². The summed E-state index contributed by atoms with van der Waals surface area (Å²) in [6.07, 6.45) is 0. The van der Waals surface area contributed by atoms with E-state index in [1.165, 1.54) is 43.3 Å². The van der Waals surface area contributed by atoms with Crippen molar-refractivity contribution in [3.05, 3.63) is 94.8 Å². The molecular weight excluding hydrogens is 453 g/mol. The van der Waals surface area contributed by atoms with E-state index < -0.39 is 29.4 Å². The number of amides is 4. The molecule has 3 aromatic carbocycles. The lowest BCUT2D eigenvalue weighted by atomic mass is 10.1. The van der Waals surface area contributed by atoms with Crippen LogP contribution in [0.3, 0.4) is 0 Å². The molecule has 178 valence electrons. The number of imide groups is 1. The molecule has 0 unspecified atom stereocenters. The van der Waals surface area contributed by atoms with Gasteiger partial charge in [0.05, 0.1) is 36.9 Å². The number of carbonyl (C=O) groups excluding carboxylic acids is 4. The Balaban J connectivity index is 1.48. The zero-order valence-corrected chi connectivity index (χ0v) is 19.1. The summed E-state index contributed by atoms with van der Waals surface area (Å²) in [5.41, 5.74) is 1.81. The maximum atomic E-state index is 13.1. The lowest BCUT2D eigenvalue weighted by Crippen LogP contribution is -2.35. The Morgan fingerprint density at radius 1 is 0.971 bits per heavy atom. The number of carbonyl (C=O) groups is 4. The van der Waals surface area contributed by atoms with Crippen molar-refractivity contribution in [1.29, 1.82) is 0 Å². The number of rotatable bonds is 7. The molecule has 1 heterocycles. The first-order valence-corrected chi connectivity index (χ1v) is 10.7. The van der Waals surface area contributed by atoms with Gasteiger partial charge in [-0.3, -0.25) is 24.1 Å². The highest BCUT2D eigenvalue weighted by atomic mass is 19.1. The lowest BCUT2D eigenvalue weighted by Gasteiger charge is -2.20. The van der Waals surface area contributed by atoms with Gasteiger partial charge in [0.1, 0.15) is 11.6 Å². The number of hydrogen-bond acceptors (Lipinski definition) is 5. The Hall–Kier alpha value is -4.53. The van der Waals surface area contributed by atoms with Crippen LogP contribution < -0.4 is 10.1 Å². The van der Waals surface area contributed by atoms with Crippen molar-refractivity contribution in [1.82, 2.24) is 9.80 Å². The molecule has 4 rings (SSSR count). The third kappa shape index (κ3) is 4.89. The molecule has 1 N–H and O–H groups in total.